The fourth-order valence-electron chi connectivity index (χ4n) is 3.31. The van der Waals surface area contributed by atoms with Crippen molar-refractivity contribution in [1.82, 2.24) is 4.90 Å². The minimum Gasteiger partial charge on any atom is -0.365 e. The van der Waals surface area contributed by atoms with Crippen LogP contribution >= 0.6 is 23.1 Å². The second kappa shape index (κ2) is 5.96. The van der Waals surface area contributed by atoms with Crippen LogP contribution in [0.15, 0.2) is 47.5 Å². The van der Waals surface area contributed by atoms with Crippen LogP contribution in [0.5, 0.6) is 0 Å². The molecule has 0 bridgehead atoms. The third-order valence-corrected chi connectivity index (χ3v) is 6.98. The molecular formula is C18H20N2OS2. The highest BCUT2D eigenvalue weighted by molar-refractivity contribution is 8.14. The molecule has 2 aliphatic rings. The Bertz CT molecular complexity index is 728. The van der Waals surface area contributed by atoms with Gasteiger partial charge in [-0.15, -0.1) is 11.3 Å². The summed E-state index contributed by atoms with van der Waals surface area (Å²) < 4.78 is 0. The molecule has 0 amide bonds. The summed E-state index contributed by atoms with van der Waals surface area (Å²) in [7, 11) is 0. The van der Waals surface area contributed by atoms with Crippen molar-refractivity contribution in [3.05, 3.63) is 57.8 Å². The number of aliphatic hydroxyl groups is 1. The van der Waals surface area contributed by atoms with E-state index in [9.17, 15) is 5.11 Å². The zero-order chi connectivity index (χ0) is 15.9. The Balaban J connectivity index is 1.85. The number of nitrogens with zero attached hydrogens (tertiary/aromatic N) is 2. The molecule has 2 aromatic rings. The number of amidine groups is 1. The first-order valence-electron chi connectivity index (χ1n) is 8.02. The molecule has 1 N–H and O–H groups in total. The van der Waals surface area contributed by atoms with Gasteiger partial charge in [-0.25, -0.2) is 0 Å². The first-order chi connectivity index (χ1) is 11.2. The number of aryl methyl sites for hydroxylation is 1. The van der Waals surface area contributed by atoms with Crippen LogP contribution in [-0.2, 0) is 5.72 Å². The predicted octanol–water partition coefficient (Wildman–Crippen LogP) is 4.14. The molecule has 0 saturated carbocycles. The van der Waals surface area contributed by atoms with E-state index < -0.39 is 5.72 Å². The van der Waals surface area contributed by atoms with Gasteiger partial charge in [-0.05, 0) is 37.5 Å². The normalized spacial score (nSPS) is 27.5. The maximum Gasteiger partial charge on any atom is 0.192 e. The first kappa shape index (κ1) is 15.2. The smallest absolute Gasteiger partial charge is 0.192 e. The van der Waals surface area contributed by atoms with Crippen molar-refractivity contribution in [2.45, 2.75) is 30.7 Å². The van der Waals surface area contributed by atoms with Gasteiger partial charge in [-0.1, -0.05) is 42.1 Å². The first-order valence-corrected chi connectivity index (χ1v) is 9.72. The van der Waals surface area contributed by atoms with Gasteiger partial charge in [-0.3, -0.25) is 4.99 Å². The summed E-state index contributed by atoms with van der Waals surface area (Å²) in [6.07, 6.45) is 2.16. The Kier molecular flexibility index (Phi) is 3.95. The van der Waals surface area contributed by atoms with E-state index in [-0.39, 0.29) is 5.25 Å². The number of hydrogen-bond donors (Lipinski definition) is 1. The van der Waals surface area contributed by atoms with E-state index in [1.807, 2.05) is 18.2 Å². The molecule has 0 spiro atoms. The monoisotopic (exact) mass is 344 g/mol. The van der Waals surface area contributed by atoms with E-state index in [4.69, 9.17) is 4.99 Å². The molecule has 23 heavy (non-hydrogen) atoms. The fourth-order valence-corrected chi connectivity index (χ4v) is 5.82. The van der Waals surface area contributed by atoms with Crippen molar-refractivity contribution in [2.24, 2.45) is 4.99 Å². The predicted molar refractivity (Wildman–Crippen MR) is 98.0 cm³/mol. The molecule has 0 aliphatic carbocycles. The van der Waals surface area contributed by atoms with Gasteiger partial charge in [0, 0.05) is 18.0 Å². The molecule has 5 heteroatoms. The van der Waals surface area contributed by atoms with Crippen molar-refractivity contribution in [3.8, 4) is 0 Å². The van der Waals surface area contributed by atoms with Gasteiger partial charge in [0.15, 0.2) is 10.9 Å². The molecule has 3 nitrogen and oxygen atoms in total. The molecule has 0 radical (unpaired) electrons. The molecular weight excluding hydrogens is 324 g/mol. The highest BCUT2D eigenvalue weighted by Crippen LogP contribution is 2.55. The van der Waals surface area contributed by atoms with E-state index >= 15 is 0 Å². The summed E-state index contributed by atoms with van der Waals surface area (Å²) in [5, 5.41) is 12.8. The van der Waals surface area contributed by atoms with Crippen LogP contribution in [0.25, 0.3) is 0 Å². The number of benzene rings is 1. The SMILES string of the molecule is Cc1ccc(C2(O)C(c3ccccc3)SC3=NCCCCN32)s1. The summed E-state index contributed by atoms with van der Waals surface area (Å²) in [6, 6.07) is 14.5. The zero-order valence-corrected chi connectivity index (χ0v) is 14.7. The van der Waals surface area contributed by atoms with Crippen LogP contribution in [0.3, 0.4) is 0 Å². The van der Waals surface area contributed by atoms with Gasteiger partial charge in [0.25, 0.3) is 0 Å². The molecule has 1 aromatic heterocycles. The number of hydrogen-bond acceptors (Lipinski definition) is 5. The van der Waals surface area contributed by atoms with E-state index in [2.05, 4.69) is 36.1 Å². The third kappa shape index (κ3) is 2.51. The quantitative estimate of drug-likeness (QED) is 0.889. The molecule has 3 heterocycles. The van der Waals surface area contributed by atoms with Gasteiger partial charge >= 0.3 is 0 Å². The van der Waals surface area contributed by atoms with Crippen LogP contribution < -0.4 is 0 Å². The van der Waals surface area contributed by atoms with Crippen molar-refractivity contribution in [3.63, 3.8) is 0 Å². The number of aliphatic imine (C=N–C) groups is 1. The summed E-state index contributed by atoms with van der Waals surface area (Å²) >= 11 is 3.39. The Hall–Kier alpha value is -1.30. The lowest BCUT2D eigenvalue weighted by molar-refractivity contribution is -0.0680. The molecule has 2 aliphatic heterocycles. The summed E-state index contributed by atoms with van der Waals surface area (Å²) in [5.74, 6) is 0. The highest BCUT2D eigenvalue weighted by Gasteiger charge is 2.54. The van der Waals surface area contributed by atoms with Gasteiger partial charge in [0.2, 0.25) is 0 Å². The van der Waals surface area contributed by atoms with Gasteiger partial charge in [-0.2, -0.15) is 0 Å². The van der Waals surface area contributed by atoms with Gasteiger partial charge < -0.3 is 10.0 Å². The van der Waals surface area contributed by atoms with Crippen LogP contribution in [0.4, 0.5) is 0 Å². The topological polar surface area (TPSA) is 35.8 Å². The Morgan fingerprint density at radius 3 is 2.74 bits per heavy atom. The van der Waals surface area contributed by atoms with Crippen LogP contribution in [0.2, 0.25) is 0 Å². The standard InChI is InChI=1S/C18H20N2OS2/c1-13-9-10-15(22-13)18(21)16(14-7-3-2-4-8-14)23-17-19-11-5-6-12-20(17)18/h2-4,7-10,16,21H,5-6,11-12H2,1H3. The van der Waals surface area contributed by atoms with Crippen molar-refractivity contribution in [1.29, 1.82) is 0 Å². The number of fused-ring (bicyclic) bond motifs is 1. The Labute approximate surface area is 145 Å². The maximum absolute atomic E-state index is 11.8. The van der Waals surface area contributed by atoms with E-state index in [0.717, 1.165) is 41.5 Å². The lowest BCUT2D eigenvalue weighted by Gasteiger charge is -2.36. The molecule has 1 aromatic carbocycles. The Morgan fingerprint density at radius 1 is 1.17 bits per heavy atom. The molecule has 2 unspecified atom stereocenters. The van der Waals surface area contributed by atoms with Gasteiger partial charge in [0.1, 0.15) is 0 Å². The largest absolute Gasteiger partial charge is 0.365 e. The van der Waals surface area contributed by atoms with E-state index in [0.29, 0.717) is 0 Å². The lowest BCUT2D eigenvalue weighted by Crippen LogP contribution is -2.45. The van der Waals surface area contributed by atoms with Crippen molar-refractivity contribution >= 4 is 28.3 Å². The Morgan fingerprint density at radius 2 is 2.00 bits per heavy atom. The fraction of sp³-hybridized carbons (Fsp3) is 0.389. The van der Waals surface area contributed by atoms with Crippen molar-refractivity contribution in [2.75, 3.05) is 13.1 Å². The molecule has 120 valence electrons. The third-order valence-electron chi connectivity index (χ3n) is 4.47. The van der Waals surface area contributed by atoms with Crippen LogP contribution in [0, 0.1) is 6.92 Å². The number of rotatable bonds is 2. The summed E-state index contributed by atoms with van der Waals surface area (Å²) in [4.78, 5) is 9.12. The average molecular weight is 345 g/mol. The zero-order valence-electron chi connectivity index (χ0n) is 13.1. The summed E-state index contributed by atoms with van der Waals surface area (Å²) in [5.41, 5.74) is 0.149. The second-order valence-corrected chi connectivity index (χ2v) is 8.43. The van der Waals surface area contributed by atoms with Crippen molar-refractivity contribution < 1.29 is 5.11 Å². The molecule has 1 saturated heterocycles. The van der Waals surface area contributed by atoms with Gasteiger partial charge in [0.05, 0.1) is 10.1 Å². The minimum atomic E-state index is -1.01. The molecule has 4 rings (SSSR count). The number of thiophene rings is 1. The second-order valence-electron chi connectivity index (χ2n) is 6.07. The highest BCUT2D eigenvalue weighted by atomic mass is 32.2. The average Bonchev–Trinajstić information content (AvgIpc) is 3.02. The van der Waals surface area contributed by atoms with E-state index in [1.54, 1.807) is 23.1 Å². The van der Waals surface area contributed by atoms with Crippen LogP contribution in [-0.4, -0.2) is 28.3 Å². The lowest BCUT2D eigenvalue weighted by atomic mass is 9.98. The number of thioether (sulfide) groups is 1. The van der Waals surface area contributed by atoms with Crippen LogP contribution in [0.1, 0.15) is 33.4 Å². The van der Waals surface area contributed by atoms with E-state index in [1.165, 1.54) is 4.88 Å². The summed E-state index contributed by atoms with van der Waals surface area (Å²) in [6.45, 7) is 3.82. The molecule has 1 fully saturated rings. The minimum absolute atomic E-state index is 0.0430. The maximum atomic E-state index is 11.8. The molecule has 2 atom stereocenters.